The normalized spacial score (nSPS) is 11.8. The predicted molar refractivity (Wildman–Crippen MR) is 186 cm³/mol. The molecule has 3 N–H and O–H groups in total. The zero-order valence-corrected chi connectivity index (χ0v) is 26.1. The Morgan fingerprint density at radius 1 is 0.711 bits per heavy atom. The van der Waals surface area contributed by atoms with Crippen molar-refractivity contribution in [3.8, 4) is 0 Å². The first-order valence-corrected chi connectivity index (χ1v) is 15.4. The molecule has 0 fully saturated rings. The highest BCUT2D eigenvalue weighted by molar-refractivity contribution is 8.00. The lowest BCUT2D eigenvalue weighted by Gasteiger charge is -2.14. The number of hydrogen-bond donors (Lipinski definition) is 3. The minimum atomic E-state index is -0.459. The van der Waals surface area contributed by atoms with Crippen LogP contribution in [0.3, 0.4) is 0 Å². The fourth-order valence-electron chi connectivity index (χ4n) is 4.56. The fourth-order valence-corrected chi connectivity index (χ4v) is 5.43. The molecule has 0 radical (unpaired) electrons. The van der Waals surface area contributed by atoms with E-state index in [0.717, 1.165) is 32.6 Å². The quantitative estimate of drug-likeness (QED) is 0.112. The van der Waals surface area contributed by atoms with E-state index in [4.69, 9.17) is 0 Å². The fraction of sp³-hybridized carbons (Fsp3) is 0.108. The van der Waals surface area contributed by atoms with Crippen LogP contribution >= 0.6 is 11.8 Å². The van der Waals surface area contributed by atoms with Crippen molar-refractivity contribution in [2.24, 2.45) is 0 Å². The van der Waals surface area contributed by atoms with E-state index >= 15 is 0 Å². The van der Waals surface area contributed by atoms with Crippen LogP contribution in [-0.2, 0) is 9.59 Å². The Bertz CT molecular complexity index is 1840. The molecule has 0 saturated heterocycles. The van der Waals surface area contributed by atoms with Gasteiger partial charge in [0.1, 0.15) is 5.70 Å². The van der Waals surface area contributed by atoms with Gasteiger partial charge in [0.2, 0.25) is 5.91 Å². The third-order valence-corrected chi connectivity index (χ3v) is 8.17. The number of thioether (sulfide) groups is 1. The minimum Gasteiger partial charge on any atom is -0.378 e. The molecule has 0 spiro atoms. The van der Waals surface area contributed by atoms with Crippen molar-refractivity contribution in [3.05, 3.63) is 138 Å². The summed E-state index contributed by atoms with van der Waals surface area (Å²) in [5.41, 5.74) is 3.64. The Morgan fingerprint density at radius 3 is 2.04 bits per heavy atom. The maximum absolute atomic E-state index is 13.4. The van der Waals surface area contributed by atoms with E-state index in [9.17, 15) is 14.4 Å². The second kappa shape index (κ2) is 14.4. The van der Waals surface area contributed by atoms with Gasteiger partial charge in [-0.15, -0.1) is 11.8 Å². The summed E-state index contributed by atoms with van der Waals surface area (Å²) < 4.78 is 0. The third-order valence-electron chi connectivity index (χ3n) is 7.06. The lowest BCUT2D eigenvalue weighted by atomic mass is 10.1. The van der Waals surface area contributed by atoms with Crippen LogP contribution in [0.1, 0.15) is 22.8 Å². The number of fused-ring (bicyclic) bond motifs is 1. The van der Waals surface area contributed by atoms with Crippen molar-refractivity contribution in [1.82, 2.24) is 5.32 Å². The molecule has 5 rings (SSSR count). The molecule has 0 aliphatic carbocycles. The van der Waals surface area contributed by atoms with Crippen molar-refractivity contribution in [1.29, 1.82) is 0 Å². The van der Waals surface area contributed by atoms with Crippen molar-refractivity contribution in [2.75, 3.05) is 29.6 Å². The Labute approximate surface area is 267 Å². The molecule has 226 valence electrons. The third kappa shape index (κ3) is 8.40. The van der Waals surface area contributed by atoms with Crippen LogP contribution in [-0.4, -0.2) is 37.1 Å². The summed E-state index contributed by atoms with van der Waals surface area (Å²) in [5.74, 6) is -0.945. The largest absolute Gasteiger partial charge is 0.378 e. The molecule has 3 amide bonds. The molecule has 1 atom stereocenters. The summed E-state index contributed by atoms with van der Waals surface area (Å²) in [4.78, 5) is 42.1. The maximum atomic E-state index is 13.4. The van der Waals surface area contributed by atoms with Gasteiger partial charge >= 0.3 is 0 Å². The van der Waals surface area contributed by atoms with Crippen LogP contribution in [0, 0.1) is 0 Å². The number of anilines is 3. The van der Waals surface area contributed by atoms with E-state index in [-0.39, 0.29) is 22.8 Å². The molecular formula is C37H34N4O3S. The number of carbonyl (C=O) groups is 3. The number of benzene rings is 5. The van der Waals surface area contributed by atoms with Crippen LogP contribution in [0.2, 0.25) is 0 Å². The van der Waals surface area contributed by atoms with Crippen LogP contribution in [0.15, 0.2) is 132 Å². The molecule has 0 aliphatic rings. The smallest absolute Gasteiger partial charge is 0.272 e. The summed E-state index contributed by atoms with van der Waals surface area (Å²) in [7, 11) is 3.91. The average Bonchev–Trinajstić information content (AvgIpc) is 3.05. The Balaban J connectivity index is 1.24. The van der Waals surface area contributed by atoms with Crippen molar-refractivity contribution in [3.63, 3.8) is 0 Å². The van der Waals surface area contributed by atoms with Gasteiger partial charge in [0.05, 0.1) is 5.25 Å². The van der Waals surface area contributed by atoms with Gasteiger partial charge in [-0.25, -0.2) is 0 Å². The second-order valence-corrected chi connectivity index (χ2v) is 12.1. The zero-order valence-electron chi connectivity index (χ0n) is 25.3. The first kappa shape index (κ1) is 31.1. The van der Waals surface area contributed by atoms with E-state index in [2.05, 4.69) is 16.0 Å². The molecule has 0 bridgehead atoms. The van der Waals surface area contributed by atoms with Crippen molar-refractivity contribution >= 4 is 63.4 Å². The summed E-state index contributed by atoms with van der Waals surface area (Å²) in [6, 6.07) is 37.5. The van der Waals surface area contributed by atoms with E-state index in [1.807, 2.05) is 111 Å². The minimum absolute atomic E-state index is 0.102. The molecule has 0 heterocycles. The van der Waals surface area contributed by atoms with E-state index in [1.54, 1.807) is 42.5 Å². The average molecular weight is 615 g/mol. The van der Waals surface area contributed by atoms with E-state index in [1.165, 1.54) is 11.8 Å². The Kier molecular flexibility index (Phi) is 9.97. The first-order valence-electron chi connectivity index (χ1n) is 14.5. The van der Waals surface area contributed by atoms with Gasteiger partial charge in [-0.3, -0.25) is 14.4 Å². The summed E-state index contributed by atoms with van der Waals surface area (Å²) in [5, 5.41) is 10.5. The van der Waals surface area contributed by atoms with Gasteiger partial charge < -0.3 is 20.9 Å². The van der Waals surface area contributed by atoms with Gasteiger partial charge in [0, 0.05) is 41.6 Å². The van der Waals surface area contributed by atoms with Gasteiger partial charge in [-0.1, -0.05) is 60.7 Å². The zero-order chi connectivity index (χ0) is 31.8. The van der Waals surface area contributed by atoms with Gasteiger partial charge in [0.15, 0.2) is 0 Å². The predicted octanol–water partition coefficient (Wildman–Crippen LogP) is 7.43. The summed E-state index contributed by atoms with van der Waals surface area (Å²) in [6.45, 7) is 1.86. The molecule has 0 aliphatic heterocycles. The molecule has 7 nitrogen and oxygen atoms in total. The Hall–Kier alpha value is -5.34. The standard InChI is InChI=1S/C37H34N4O3S/c1-25(35(42)39-31-16-15-27-9-7-8-12-29(27)24-31)45-33-21-17-30(18-22-33)38-37(44)34(40-36(43)28-10-5-4-6-11-28)23-26-13-19-32(20-14-26)41(2)3/h4-25H,1-3H3,(H,38,44)(H,39,42)(H,40,43)/b34-23-. The number of nitrogens with one attached hydrogen (secondary N) is 3. The highest BCUT2D eigenvalue weighted by Gasteiger charge is 2.17. The van der Waals surface area contributed by atoms with Crippen LogP contribution in [0.4, 0.5) is 17.1 Å². The maximum Gasteiger partial charge on any atom is 0.272 e. The van der Waals surface area contributed by atoms with Crippen LogP contribution in [0.5, 0.6) is 0 Å². The molecule has 0 aromatic heterocycles. The van der Waals surface area contributed by atoms with Gasteiger partial charge in [-0.05, 0) is 90.0 Å². The molecule has 8 heteroatoms. The summed E-state index contributed by atoms with van der Waals surface area (Å²) in [6.07, 6.45) is 1.65. The summed E-state index contributed by atoms with van der Waals surface area (Å²) >= 11 is 1.42. The van der Waals surface area contributed by atoms with Crippen molar-refractivity contribution < 1.29 is 14.4 Å². The number of rotatable bonds is 10. The first-order chi connectivity index (χ1) is 21.7. The monoisotopic (exact) mass is 614 g/mol. The van der Waals surface area contributed by atoms with E-state index in [0.29, 0.717) is 11.3 Å². The number of carbonyl (C=O) groups excluding carboxylic acids is 3. The molecule has 1 unspecified atom stereocenters. The lowest BCUT2D eigenvalue weighted by Crippen LogP contribution is -2.30. The topological polar surface area (TPSA) is 90.5 Å². The SMILES string of the molecule is CC(Sc1ccc(NC(=O)/C(=C/c2ccc(N(C)C)cc2)NC(=O)c2ccccc2)cc1)C(=O)Nc1ccc2ccccc2c1. The van der Waals surface area contributed by atoms with Gasteiger partial charge in [0.25, 0.3) is 11.8 Å². The number of hydrogen-bond acceptors (Lipinski definition) is 5. The molecule has 45 heavy (non-hydrogen) atoms. The molecular weight excluding hydrogens is 580 g/mol. The number of amides is 3. The molecule has 5 aromatic rings. The second-order valence-electron chi connectivity index (χ2n) is 10.7. The van der Waals surface area contributed by atoms with Gasteiger partial charge in [-0.2, -0.15) is 0 Å². The van der Waals surface area contributed by atoms with Crippen LogP contribution < -0.4 is 20.9 Å². The molecule has 0 saturated carbocycles. The molecule has 5 aromatic carbocycles. The van der Waals surface area contributed by atoms with E-state index < -0.39 is 5.91 Å². The highest BCUT2D eigenvalue weighted by atomic mass is 32.2. The Morgan fingerprint density at radius 2 is 1.36 bits per heavy atom. The lowest BCUT2D eigenvalue weighted by molar-refractivity contribution is -0.115. The highest BCUT2D eigenvalue weighted by Crippen LogP contribution is 2.27. The van der Waals surface area contributed by atoms with Crippen molar-refractivity contribution in [2.45, 2.75) is 17.1 Å². The van der Waals surface area contributed by atoms with Crippen LogP contribution in [0.25, 0.3) is 16.8 Å². The number of nitrogens with zero attached hydrogens (tertiary/aromatic N) is 1.